The lowest BCUT2D eigenvalue weighted by molar-refractivity contribution is 0.233. The fraction of sp³-hybridized carbons (Fsp3) is 0. The van der Waals surface area contributed by atoms with Gasteiger partial charge in [0, 0.05) is 18.3 Å². The minimum absolute atomic E-state index is 0.282. The summed E-state index contributed by atoms with van der Waals surface area (Å²) in [6, 6.07) is 23.6. The molecule has 0 aliphatic carbocycles. The maximum atomic E-state index is 6.04. The molecule has 0 bridgehead atoms. The quantitative estimate of drug-likeness (QED) is 0.461. The topological polar surface area (TPSA) is 94.6 Å². The largest absolute Gasteiger partial charge is 0.372 e. The Balaban J connectivity index is 1.40. The van der Waals surface area contributed by atoms with Crippen LogP contribution >= 0.6 is 0 Å². The number of benzene rings is 3. The summed E-state index contributed by atoms with van der Waals surface area (Å²) in [4.78, 5) is 22.9. The van der Waals surface area contributed by atoms with Crippen LogP contribution in [-0.2, 0) is 0 Å². The van der Waals surface area contributed by atoms with Gasteiger partial charge in [0.05, 0.1) is 16.6 Å². The van der Waals surface area contributed by atoms with E-state index in [0.717, 1.165) is 32.8 Å². The summed E-state index contributed by atoms with van der Waals surface area (Å²) in [6.07, 6.45) is 1.68. The van der Waals surface area contributed by atoms with E-state index in [1.165, 1.54) is 4.73 Å². The van der Waals surface area contributed by atoms with Gasteiger partial charge in [-0.25, -0.2) is 9.97 Å². The third kappa shape index (κ3) is 2.64. The summed E-state index contributed by atoms with van der Waals surface area (Å²) in [5.74, 6) is 1.54. The molecule has 3 aromatic heterocycles. The van der Waals surface area contributed by atoms with E-state index in [1.807, 2.05) is 42.5 Å². The molecule has 0 atom stereocenters. The van der Waals surface area contributed by atoms with Gasteiger partial charge in [-0.1, -0.05) is 36.4 Å². The van der Waals surface area contributed by atoms with Crippen molar-refractivity contribution in [1.29, 1.82) is 0 Å². The first-order valence-electron chi connectivity index (χ1n) is 9.51. The molecule has 0 radical (unpaired) electrons. The van der Waals surface area contributed by atoms with Crippen molar-refractivity contribution in [3.8, 4) is 17.3 Å². The highest BCUT2D eigenvalue weighted by Crippen LogP contribution is 2.26. The van der Waals surface area contributed by atoms with Crippen LogP contribution in [0.25, 0.3) is 44.4 Å². The average molecular weight is 392 g/mol. The van der Waals surface area contributed by atoms with Crippen molar-refractivity contribution < 1.29 is 4.84 Å². The van der Waals surface area contributed by atoms with E-state index in [1.54, 1.807) is 12.3 Å². The van der Waals surface area contributed by atoms with Gasteiger partial charge < -0.3 is 15.6 Å². The lowest BCUT2D eigenvalue weighted by atomic mass is 10.1. The summed E-state index contributed by atoms with van der Waals surface area (Å²) in [5, 5.41) is 2.31. The highest BCUT2D eigenvalue weighted by molar-refractivity contribution is 5.96. The van der Waals surface area contributed by atoms with Gasteiger partial charge in [-0.3, -0.25) is 4.98 Å². The Morgan fingerprint density at radius 3 is 2.53 bits per heavy atom. The number of nitrogen functional groups attached to an aromatic ring is 1. The molecule has 7 nitrogen and oxygen atoms in total. The molecule has 3 aromatic carbocycles. The average Bonchev–Trinajstić information content (AvgIpc) is 3.33. The molecule has 3 N–H and O–H groups in total. The molecule has 0 amide bonds. The minimum atomic E-state index is 0.282. The highest BCUT2D eigenvalue weighted by atomic mass is 16.7. The number of nitrogens with two attached hydrogens (primary N) is 1. The Morgan fingerprint density at radius 2 is 1.63 bits per heavy atom. The number of fused-ring (bicyclic) bond motifs is 3. The lowest BCUT2D eigenvalue weighted by Crippen LogP contribution is -2.09. The Hall–Kier alpha value is -4.39. The molecule has 0 saturated heterocycles. The van der Waals surface area contributed by atoms with E-state index in [2.05, 4.69) is 39.2 Å². The number of aromatic nitrogens is 5. The Bertz CT molecular complexity index is 1500. The van der Waals surface area contributed by atoms with Gasteiger partial charge in [-0.15, -0.1) is 4.73 Å². The third-order valence-electron chi connectivity index (χ3n) is 5.06. The fourth-order valence-electron chi connectivity index (χ4n) is 3.64. The van der Waals surface area contributed by atoms with Gasteiger partial charge in [-0.2, -0.15) is 0 Å². The molecule has 6 rings (SSSR count). The number of pyridine rings is 1. The van der Waals surface area contributed by atoms with Crippen LogP contribution in [0.1, 0.15) is 0 Å². The standard InChI is InChI=1S/C23H16N6O/c24-23-28-17-7-3-4-8-21(17)29(23)30-16-9-10-25-20(13-16)22-26-18-11-14-5-1-2-6-15(14)12-19(18)27-22/h1-13H,(H2,24,28)(H,26,27). The molecule has 144 valence electrons. The Morgan fingerprint density at radius 1 is 0.833 bits per heavy atom. The zero-order valence-electron chi connectivity index (χ0n) is 15.8. The number of nitrogens with zero attached hydrogens (tertiary/aromatic N) is 4. The maximum Gasteiger partial charge on any atom is 0.235 e. The molecule has 0 unspecified atom stereocenters. The van der Waals surface area contributed by atoms with Crippen molar-refractivity contribution in [2.24, 2.45) is 0 Å². The molecule has 6 aromatic rings. The first kappa shape index (κ1) is 16.6. The molecular weight excluding hydrogens is 376 g/mol. The van der Waals surface area contributed by atoms with Gasteiger partial charge >= 0.3 is 0 Å². The highest BCUT2D eigenvalue weighted by Gasteiger charge is 2.12. The second kappa shape index (κ2) is 6.31. The van der Waals surface area contributed by atoms with Crippen molar-refractivity contribution in [3.05, 3.63) is 79.0 Å². The number of anilines is 1. The maximum absolute atomic E-state index is 6.04. The number of hydrogen-bond donors (Lipinski definition) is 2. The van der Waals surface area contributed by atoms with Crippen molar-refractivity contribution in [2.75, 3.05) is 5.73 Å². The SMILES string of the molecule is Nc1nc2ccccc2n1Oc1ccnc(-c2nc3cc4ccccc4cc3[nH]2)c1. The second-order valence-corrected chi connectivity index (χ2v) is 7.02. The zero-order chi connectivity index (χ0) is 20.1. The normalized spacial score (nSPS) is 11.5. The first-order valence-corrected chi connectivity index (χ1v) is 9.51. The third-order valence-corrected chi connectivity index (χ3v) is 5.06. The van der Waals surface area contributed by atoms with Crippen LogP contribution < -0.4 is 10.6 Å². The van der Waals surface area contributed by atoms with E-state index in [-0.39, 0.29) is 5.95 Å². The van der Waals surface area contributed by atoms with Crippen molar-refractivity contribution in [3.63, 3.8) is 0 Å². The molecule has 0 fully saturated rings. The van der Waals surface area contributed by atoms with Crippen LogP contribution in [0.4, 0.5) is 5.95 Å². The monoisotopic (exact) mass is 392 g/mol. The predicted octanol–water partition coefficient (Wildman–Crippen LogP) is 4.55. The van der Waals surface area contributed by atoms with Crippen LogP contribution in [0, 0.1) is 0 Å². The number of rotatable bonds is 3. The van der Waals surface area contributed by atoms with Gasteiger partial charge in [0.2, 0.25) is 5.95 Å². The Labute approximate surface area is 170 Å². The number of imidazole rings is 2. The summed E-state index contributed by atoms with van der Waals surface area (Å²) >= 11 is 0. The van der Waals surface area contributed by atoms with Crippen LogP contribution in [0.5, 0.6) is 5.75 Å². The molecule has 0 spiro atoms. The minimum Gasteiger partial charge on any atom is -0.372 e. The van der Waals surface area contributed by atoms with Crippen molar-refractivity contribution >= 4 is 38.8 Å². The molecule has 7 heteroatoms. The predicted molar refractivity (Wildman–Crippen MR) is 117 cm³/mol. The van der Waals surface area contributed by atoms with Gasteiger partial charge in [-0.05, 0) is 35.0 Å². The van der Waals surface area contributed by atoms with Crippen LogP contribution in [0.3, 0.4) is 0 Å². The zero-order valence-corrected chi connectivity index (χ0v) is 15.8. The lowest BCUT2D eigenvalue weighted by Gasteiger charge is -2.08. The van der Waals surface area contributed by atoms with E-state index >= 15 is 0 Å². The second-order valence-electron chi connectivity index (χ2n) is 7.02. The number of hydrogen-bond acceptors (Lipinski definition) is 5. The molecule has 30 heavy (non-hydrogen) atoms. The van der Waals surface area contributed by atoms with E-state index in [4.69, 9.17) is 15.6 Å². The smallest absolute Gasteiger partial charge is 0.235 e. The first-order chi connectivity index (χ1) is 14.7. The van der Waals surface area contributed by atoms with E-state index in [9.17, 15) is 0 Å². The number of aromatic amines is 1. The van der Waals surface area contributed by atoms with Crippen LogP contribution in [-0.4, -0.2) is 24.7 Å². The van der Waals surface area contributed by atoms with Gasteiger partial charge in [0.15, 0.2) is 11.6 Å². The number of para-hydroxylation sites is 2. The Kier molecular flexibility index (Phi) is 3.48. The van der Waals surface area contributed by atoms with Gasteiger partial charge in [0.25, 0.3) is 0 Å². The molecule has 0 saturated carbocycles. The van der Waals surface area contributed by atoms with Crippen molar-refractivity contribution in [2.45, 2.75) is 0 Å². The summed E-state index contributed by atoms with van der Waals surface area (Å²) < 4.78 is 1.51. The summed E-state index contributed by atoms with van der Waals surface area (Å²) in [6.45, 7) is 0. The van der Waals surface area contributed by atoms with Crippen LogP contribution in [0.2, 0.25) is 0 Å². The number of nitrogens with one attached hydrogen (secondary N) is 1. The van der Waals surface area contributed by atoms with E-state index in [0.29, 0.717) is 17.3 Å². The summed E-state index contributed by atoms with van der Waals surface area (Å²) in [7, 11) is 0. The van der Waals surface area contributed by atoms with Crippen molar-refractivity contribution in [1.82, 2.24) is 24.7 Å². The molecule has 3 heterocycles. The summed E-state index contributed by atoms with van der Waals surface area (Å²) in [5.41, 5.74) is 10.1. The molecule has 0 aliphatic heterocycles. The number of H-pyrrole nitrogens is 1. The molecular formula is C23H16N6O. The van der Waals surface area contributed by atoms with Gasteiger partial charge in [0.1, 0.15) is 11.2 Å². The molecule has 0 aliphatic rings. The van der Waals surface area contributed by atoms with Crippen LogP contribution in [0.15, 0.2) is 79.0 Å². The fourth-order valence-corrected chi connectivity index (χ4v) is 3.64. The van der Waals surface area contributed by atoms with E-state index < -0.39 is 0 Å².